The van der Waals surface area contributed by atoms with E-state index >= 15 is 0 Å². The summed E-state index contributed by atoms with van der Waals surface area (Å²) in [5.74, 6) is -2.77. The summed E-state index contributed by atoms with van der Waals surface area (Å²) in [5, 5.41) is 0. The highest BCUT2D eigenvalue weighted by Crippen LogP contribution is 2.29. The fourth-order valence-corrected chi connectivity index (χ4v) is 4.56. The number of rotatable bonds is 7. The van der Waals surface area contributed by atoms with Crippen LogP contribution in [-0.4, -0.2) is 30.5 Å². The number of imidazole rings is 1. The summed E-state index contributed by atoms with van der Waals surface area (Å²) >= 11 is 0. The molecule has 0 bridgehead atoms. The molecule has 0 unspecified atom stereocenters. The number of nitrogens with one attached hydrogen (secondary N) is 1. The first kappa shape index (κ1) is 22.4. The van der Waals surface area contributed by atoms with Gasteiger partial charge in [0.15, 0.2) is 0 Å². The average Bonchev–Trinajstić information content (AvgIpc) is 3.09. The zero-order valence-electron chi connectivity index (χ0n) is 17.1. The lowest BCUT2D eigenvalue weighted by Crippen LogP contribution is -2.32. The maximum Gasteiger partial charge on any atom is 0.285 e. The van der Waals surface area contributed by atoms with E-state index in [0.717, 1.165) is 12.1 Å². The van der Waals surface area contributed by atoms with Crippen LogP contribution in [0.25, 0.3) is 11.4 Å². The Bertz CT molecular complexity index is 1220. The first-order chi connectivity index (χ1) is 14.7. The number of ether oxygens (including phenoxy) is 1. The molecule has 0 aliphatic carbocycles. The van der Waals surface area contributed by atoms with Crippen LogP contribution < -0.4 is 9.46 Å². The Balaban J connectivity index is 1.98. The molecule has 0 aliphatic rings. The van der Waals surface area contributed by atoms with Gasteiger partial charge in [-0.25, -0.2) is 26.9 Å². The maximum absolute atomic E-state index is 14.1. The molecule has 0 radical (unpaired) electrons. The maximum atomic E-state index is 14.1. The van der Waals surface area contributed by atoms with Gasteiger partial charge in [0.1, 0.15) is 33.8 Å². The predicted octanol–water partition coefficient (Wildman–Crippen LogP) is 3.45. The number of aryl methyl sites for hydroxylation is 2. The van der Waals surface area contributed by atoms with Gasteiger partial charge in [0.05, 0.1) is 12.2 Å². The monoisotopic (exact) mass is 449 g/mol. The second kappa shape index (κ2) is 8.84. The van der Waals surface area contributed by atoms with Crippen LogP contribution in [0.4, 0.5) is 8.78 Å². The molecule has 0 aliphatic heterocycles. The molecular formula is C21H21F2N3O4S. The first-order valence-corrected chi connectivity index (χ1v) is 11.0. The minimum absolute atomic E-state index is 0.122. The topological polar surface area (TPSA) is 90.3 Å². The van der Waals surface area contributed by atoms with Crippen LogP contribution in [-0.2, 0) is 23.5 Å². The van der Waals surface area contributed by atoms with Crippen LogP contribution in [0.3, 0.4) is 0 Å². The fraction of sp³-hybridized carbons (Fsp3) is 0.238. The molecule has 7 nitrogen and oxygen atoms in total. The quantitative estimate of drug-likeness (QED) is 0.597. The summed E-state index contributed by atoms with van der Waals surface area (Å²) < 4.78 is 62.9. The summed E-state index contributed by atoms with van der Waals surface area (Å²) in [6, 6.07) is 8.13. The minimum atomic E-state index is -4.31. The Hall–Kier alpha value is -3.27. The van der Waals surface area contributed by atoms with E-state index < -0.39 is 33.1 Å². The molecule has 1 heterocycles. The molecule has 2 aromatic carbocycles. The molecule has 1 aromatic heterocycles. The lowest BCUT2D eigenvalue weighted by molar-refractivity contribution is 0.0977. The van der Waals surface area contributed by atoms with Crippen molar-refractivity contribution in [3.8, 4) is 17.1 Å². The van der Waals surface area contributed by atoms with E-state index in [1.807, 2.05) is 4.72 Å². The van der Waals surface area contributed by atoms with Gasteiger partial charge in [-0.3, -0.25) is 4.79 Å². The number of nitrogens with zero attached hydrogens (tertiary/aromatic N) is 2. The lowest BCUT2D eigenvalue weighted by Gasteiger charge is -2.14. The minimum Gasteiger partial charge on any atom is -0.492 e. The van der Waals surface area contributed by atoms with Crippen molar-refractivity contribution in [1.82, 2.24) is 14.3 Å². The number of carbonyl (C=O) groups excluding carboxylic acids is 1. The highest BCUT2D eigenvalue weighted by Gasteiger charge is 2.28. The van der Waals surface area contributed by atoms with Gasteiger partial charge >= 0.3 is 0 Å². The molecule has 0 saturated carbocycles. The molecule has 0 atom stereocenters. The number of halogens is 2. The lowest BCUT2D eigenvalue weighted by atomic mass is 10.1. The SMILES string of the molecule is CCOc1cccc(CC)c1S(=O)(=O)NC(=O)c1cn(C)c(-c2c(F)cccc2F)n1. The van der Waals surface area contributed by atoms with Crippen LogP contribution in [0.1, 0.15) is 29.9 Å². The third-order valence-electron chi connectivity index (χ3n) is 4.53. The van der Waals surface area contributed by atoms with Gasteiger partial charge in [0.25, 0.3) is 15.9 Å². The summed E-state index contributed by atoms with van der Waals surface area (Å²) in [4.78, 5) is 16.5. The van der Waals surface area contributed by atoms with Gasteiger partial charge in [-0.05, 0) is 37.1 Å². The van der Waals surface area contributed by atoms with E-state index in [0.29, 0.717) is 12.0 Å². The smallest absolute Gasteiger partial charge is 0.285 e. The van der Waals surface area contributed by atoms with Gasteiger partial charge in [-0.1, -0.05) is 25.1 Å². The second-order valence-corrected chi connectivity index (χ2v) is 8.24. The van der Waals surface area contributed by atoms with Crippen molar-refractivity contribution < 1.29 is 26.7 Å². The molecule has 0 saturated heterocycles. The molecule has 164 valence electrons. The summed E-state index contributed by atoms with van der Waals surface area (Å²) in [7, 11) is -2.87. The first-order valence-electron chi connectivity index (χ1n) is 9.49. The zero-order chi connectivity index (χ0) is 22.8. The van der Waals surface area contributed by atoms with Crippen molar-refractivity contribution in [3.05, 3.63) is 65.5 Å². The normalized spacial score (nSPS) is 11.4. The number of aromatic nitrogens is 2. The van der Waals surface area contributed by atoms with Crippen LogP contribution in [0.15, 0.2) is 47.5 Å². The second-order valence-electron chi connectivity index (χ2n) is 6.62. The van der Waals surface area contributed by atoms with E-state index in [-0.39, 0.29) is 28.8 Å². The largest absolute Gasteiger partial charge is 0.492 e. The van der Waals surface area contributed by atoms with Crippen molar-refractivity contribution in [3.63, 3.8) is 0 Å². The summed E-state index contributed by atoms with van der Waals surface area (Å²) in [5.41, 5.74) is -0.251. The number of carbonyl (C=O) groups is 1. The van der Waals surface area contributed by atoms with Crippen LogP contribution in [0.2, 0.25) is 0 Å². The Morgan fingerprint density at radius 2 is 1.77 bits per heavy atom. The summed E-state index contributed by atoms with van der Waals surface area (Å²) in [6.07, 6.45) is 1.59. The van der Waals surface area contributed by atoms with Crippen molar-refractivity contribution in [2.24, 2.45) is 7.05 Å². The molecule has 0 spiro atoms. The van der Waals surface area contributed by atoms with Gasteiger partial charge in [-0.15, -0.1) is 0 Å². The van der Waals surface area contributed by atoms with Crippen molar-refractivity contribution >= 4 is 15.9 Å². The van der Waals surface area contributed by atoms with E-state index in [9.17, 15) is 22.0 Å². The molecule has 10 heteroatoms. The van der Waals surface area contributed by atoms with Gasteiger partial charge in [-0.2, -0.15) is 0 Å². The number of hydrogen-bond donors (Lipinski definition) is 1. The molecule has 0 fully saturated rings. The van der Waals surface area contributed by atoms with Crippen LogP contribution >= 0.6 is 0 Å². The Labute approximate surface area is 178 Å². The average molecular weight is 449 g/mol. The van der Waals surface area contributed by atoms with Gasteiger partial charge in [0, 0.05) is 13.2 Å². The Kier molecular flexibility index (Phi) is 6.40. The standard InChI is InChI=1S/C21H21F2N3O4S/c1-4-13-8-6-11-17(30-5-2)19(13)31(28,29)25-21(27)16-12-26(3)20(24-16)18-14(22)9-7-10-15(18)23/h6-12H,4-5H2,1-3H3,(H,25,27). The number of benzene rings is 2. The third-order valence-corrected chi connectivity index (χ3v) is 5.99. The van der Waals surface area contributed by atoms with Gasteiger partial charge in [0.2, 0.25) is 0 Å². The predicted molar refractivity (Wildman–Crippen MR) is 110 cm³/mol. The summed E-state index contributed by atoms with van der Waals surface area (Å²) in [6.45, 7) is 3.73. The number of sulfonamides is 1. The molecule has 3 aromatic rings. The molecule has 31 heavy (non-hydrogen) atoms. The number of hydrogen-bond acceptors (Lipinski definition) is 5. The fourth-order valence-electron chi connectivity index (χ4n) is 3.16. The Morgan fingerprint density at radius 3 is 2.39 bits per heavy atom. The van der Waals surface area contributed by atoms with Crippen molar-refractivity contribution in [2.45, 2.75) is 25.2 Å². The molecule has 1 N–H and O–H groups in total. The molecular weight excluding hydrogens is 428 g/mol. The van der Waals surface area contributed by atoms with E-state index in [2.05, 4.69) is 4.98 Å². The van der Waals surface area contributed by atoms with Crippen molar-refractivity contribution in [2.75, 3.05) is 6.61 Å². The molecule has 3 rings (SSSR count). The van der Waals surface area contributed by atoms with Crippen LogP contribution in [0.5, 0.6) is 5.75 Å². The van der Waals surface area contributed by atoms with E-state index in [1.54, 1.807) is 26.0 Å². The third kappa shape index (κ3) is 4.43. The number of amides is 1. The van der Waals surface area contributed by atoms with E-state index in [4.69, 9.17) is 4.74 Å². The highest BCUT2D eigenvalue weighted by molar-refractivity contribution is 7.90. The van der Waals surface area contributed by atoms with Gasteiger partial charge < -0.3 is 9.30 Å². The van der Waals surface area contributed by atoms with Crippen molar-refractivity contribution in [1.29, 1.82) is 0 Å². The molecule has 1 amide bonds. The van der Waals surface area contributed by atoms with E-state index in [1.165, 1.54) is 29.9 Å². The highest BCUT2D eigenvalue weighted by atomic mass is 32.2. The Morgan fingerprint density at radius 1 is 1.13 bits per heavy atom. The zero-order valence-corrected chi connectivity index (χ0v) is 18.0. The van der Waals surface area contributed by atoms with Crippen LogP contribution in [0, 0.1) is 11.6 Å².